The highest BCUT2D eigenvalue weighted by atomic mass is 79.9. The molecule has 1 N–H and O–H groups in total. The van der Waals surface area contributed by atoms with E-state index < -0.39 is 0 Å². The van der Waals surface area contributed by atoms with E-state index in [4.69, 9.17) is 0 Å². The Bertz CT molecular complexity index is 417. The highest BCUT2D eigenvalue weighted by Crippen LogP contribution is 2.22. The van der Waals surface area contributed by atoms with Crippen molar-refractivity contribution in [2.24, 2.45) is 0 Å². The first-order valence-electron chi connectivity index (χ1n) is 7.03. The summed E-state index contributed by atoms with van der Waals surface area (Å²) in [6.07, 6.45) is 2.39. The van der Waals surface area contributed by atoms with Crippen LogP contribution in [-0.2, 0) is 0 Å². The average molecular weight is 329 g/mol. The summed E-state index contributed by atoms with van der Waals surface area (Å²) in [5.41, 5.74) is 1.13. The van der Waals surface area contributed by atoms with E-state index in [0.717, 1.165) is 12.1 Å². The second-order valence-corrected chi connectivity index (χ2v) is 6.12. The van der Waals surface area contributed by atoms with Crippen molar-refractivity contribution >= 4 is 15.9 Å². The summed E-state index contributed by atoms with van der Waals surface area (Å²) in [5.74, 6) is -0.202. The van der Waals surface area contributed by atoms with Crippen LogP contribution < -0.4 is 5.32 Å². The molecule has 1 aromatic carbocycles. The Morgan fingerprint density at radius 3 is 2.68 bits per heavy atom. The Hall–Kier alpha value is -0.450. The number of nitrogens with one attached hydrogen (secondary N) is 1. The number of rotatable bonds is 4. The van der Waals surface area contributed by atoms with Crippen molar-refractivity contribution < 1.29 is 4.39 Å². The summed E-state index contributed by atoms with van der Waals surface area (Å²) in [4.78, 5) is 2.48. The van der Waals surface area contributed by atoms with Gasteiger partial charge in [0, 0.05) is 12.1 Å². The minimum atomic E-state index is -0.202. The molecule has 1 unspecified atom stereocenters. The number of likely N-dealkylation sites (tertiary alicyclic amines) is 1. The van der Waals surface area contributed by atoms with Crippen LogP contribution in [0.5, 0.6) is 0 Å². The fraction of sp³-hybridized carbons (Fsp3) is 0.600. The number of nitrogens with zero attached hydrogens (tertiary/aromatic N) is 1. The summed E-state index contributed by atoms with van der Waals surface area (Å²) in [5, 5.41) is 3.66. The van der Waals surface area contributed by atoms with Crippen LogP contribution in [0.25, 0.3) is 0 Å². The molecule has 4 heteroatoms. The zero-order chi connectivity index (χ0) is 13.8. The second-order valence-electron chi connectivity index (χ2n) is 5.27. The molecule has 0 bridgehead atoms. The highest BCUT2D eigenvalue weighted by molar-refractivity contribution is 9.10. The van der Waals surface area contributed by atoms with Crippen LogP contribution in [0.4, 0.5) is 4.39 Å². The van der Waals surface area contributed by atoms with Crippen molar-refractivity contribution in [3.05, 3.63) is 34.1 Å². The van der Waals surface area contributed by atoms with Crippen LogP contribution >= 0.6 is 15.9 Å². The van der Waals surface area contributed by atoms with Gasteiger partial charge in [-0.25, -0.2) is 4.39 Å². The molecule has 2 nitrogen and oxygen atoms in total. The zero-order valence-corrected chi connectivity index (χ0v) is 13.2. The topological polar surface area (TPSA) is 15.3 Å². The Morgan fingerprint density at radius 1 is 1.42 bits per heavy atom. The summed E-state index contributed by atoms with van der Waals surface area (Å²) in [6.45, 7) is 7.85. The monoisotopic (exact) mass is 328 g/mol. The van der Waals surface area contributed by atoms with Gasteiger partial charge in [-0.15, -0.1) is 0 Å². The van der Waals surface area contributed by atoms with E-state index in [1.54, 1.807) is 0 Å². The lowest BCUT2D eigenvalue weighted by Crippen LogP contribution is -2.43. The van der Waals surface area contributed by atoms with Gasteiger partial charge in [-0.2, -0.15) is 0 Å². The lowest BCUT2D eigenvalue weighted by Gasteiger charge is -2.33. The van der Waals surface area contributed by atoms with Crippen molar-refractivity contribution in [3.8, 4) is 0 Å². The Labute approximate surface area is 123 Å². The first-order valence-corrected chi connectivity index (χ1v) is 7.82. The molecular formula is C15H22BrFN2. The van der Waals surface area contributed by atoms with Gasteiger partial charge < -0.3 is 10.2 Å². The van der Waals surface area contributed by atoms with Gasteiger partial charge in [0.2, 0.25) is 0 Å². The van der Waals surface area contributed by atoms with Crippen LogP contribution in [0.15, 0.2) is 22.7 Å². The van der Waals surface area contributed by atoms with E-state index in [2.05, 4.69) is 40.0 Å². The first-order chi connectivity index (χ1) is 9.10. The molecule has 106 valence electrons. The zero-order valence-electron chi connectivity index (χ0n) is 11.6. The van der Waals surface area contributed by atoms with Gasteiger partial charge in [0.1, 0.15) is 5.82 Å². The van der Waals surface area contributed by atoms with Gasteiger partial charge >= 0.3 is 0 Å². The predicted octanol–water partition coefficient (Wildman–Crippen LogP) is 3.72. The molecular weight excluding hydrogens is 307 g/mol. The molecule has 0 aromatic heterocycles. The van der Waals surface area contributed by atoms with Crippen LogP contribution in [0.1, 0.15) is 38.3 Å². The molecule has 0 spiro atoms. The third kappa shape index (κ3) is 4.01. The Kier molecular flexibility index (Phi) is 5.37. The molecule has 0 saturated carbocycles. The van der Waals surface area contributed by atoms with Crippen molar-refractivity contribution in [1.82, 2.24) is 10.2 Å². The lowest BCUT2D eigenvalue weighted by atomic mass is 10.0. The van der Waals surface area contributed by atoms with Gasteiger partial charge in [-0.05, 0) is 73.0 Å². The molecule has 1 aliphatic rings. The molecule has 1 saturated heterocycles. The molecule has 0 amide bonds. The van der Waals surface area contributed by atoms with Crippen molar-refractivity contribution in [1.29, 1.82) is 0 Å². The number of benzene rings is 1. The van der Waals surface area contributed by atoms with E-state index in [1.807, 2.05) is 12.1 Å². The van der Waals surface area contributed by atoms with Crippen LogP contribution in [0.3, 0.4) is 0 Å². The van der Waals surface area contributed by atoms with Crippen molar-refractivity contribution in [3.63, 3.8) is 0 Å². The third-order valence-corrected chi connectivity index (χ3v) is 4.57. The number of hydrogen-bond donors (Lipinski definition) is 1. The third-order valence-electron chi connectivity index (χ3n) is 3.96. The van der Waals surface area contributed by atoms with Gasteiger partial charge in [-0.1, -0.05) is 13.0 Å². The predicted molar refractivity (Wildman–Crippen MR) is 80.8 cm³/mol. The Morgan fingerprint density at radius 2 is 2.11 bits per heavy atom. The van der Waals surface area contributed by atoms with Crippen LogP contribution in [0.2, 0.25) is 0 Å². The highest BCUT2D eigenvalue weighted by Gasteiger charge is 2.20. The lowest BCUT2D eigenvalue weighted by molar-refractivity contribution is 0.200. The van der Waals surface area contributed by atoms with E-state index in [1.165, 1.54) is 32.0 Å². The number of hydrogen-bond acceptors (Lipinski definition) is 2. The van der Waals surface area contributed by atoms with E-state index in [9.17, 15) is 4.39 Å². The maximum atomic E-state index is 13.2. The quantitative estimate of drug-likeness (QED) is 0.906. The SMILES string of the molecule is CCN1CCC(NC(C)c2ccc(F)c(Br)c2)CC1. The smallest absolute Gasteiger partial charge is 0.137 e. The van der Waals surface area contributed by atoms with Crippen molar-refractivity contribution in [2.75, 3.05) is 19.6 Å². The normalized spacial score (nSPS) is 19.6. The average Bonchev–Trinajstić information content (AvgIpc) is 2.42. The summed E-state index contributed by atoms with van der Waals surface area (Å²) in [6, 6.07) is 6.08. The molecule has 19 heavy (non-hydrogen) atoms. The fourth-order valence-corrected chi connectivity index (χ4v) is 3.04. The van der Waals surface area contributed by atoms with Crippen LogP contribution in [-0.4, -0.2) is 30.6 Å². The maximum absolute atomic E-state index is 13.2. The van der Waals surface area contributed by atoms with Gasteiger partial charge in [-0.3, -0.25) is 0 Å². The molecule has 1 atom stereocenters. The van der Waals surface area contributed by atoms with E-state index >= 15 is 0 Å². The van der Waals surface area contributed by atoms with E-state index in [0.29, 0.717) is 10.5 Å². The molecule has 0 radical (unpaired) electrons. The van der Waals surface area contributed by atoms with Crippen molar-refractivity contribution in [2.45, 2.75) is 38.8 Å². The summed E-state index contributed by atoms with van der Waals surface area (Å²) < 4.78 is 13.8. The molecule has 1 heterocycles. The summed E-state index contributed by atoms with van der Waals surface area (Å²) in [7, 11) is 0. The first kappa shape index (κ1) is 14.9. The largest absolute Gasteiger partial charge is 0.307 e. The van der Waals surface area contributed by atoms with Gasteiger partial charge in [0.15, 0.2) is 0 Å². The summed E-state index contributed by atoms with van der Waals surface area (Å²) >= 11 is 3.25. The molecule has 1 fully saturated rings. The van der Waals surface area contributed by atoms with Gasteiger partial charge in [0.25, 0.3) is 0 Å². The molecule has 2 rings (SSSR count). The number of halogens is 2. The fourth-order valence-electron chi connectivity index (χ4n) is 2.65. The molecule has 1 aliphatic heterocycles. The second kappa shape index (κ2) is 6.82. The van der Waals surface area contributed by atoms with E-state index in [-0.39, 0.29) is 11.9 Å². The van der Waals surface area contributed by atoms with Crippen LogP contribution in [0, 0.1) is 5.82 Å². The molecule has 1 aromatic rings. The maximum Gasteiger partial charge on any atom is 0.137 e. The Balaban J connectivity index is 1.90. The number of piperidine rings is 1. The minimum Gasteiger partial charge on any atom is -0.307 e. The molecule has 0 aliphatic carbocycles. The van der Waals surface area contributed by atoms with Gasteiger partial charge in [0.05, 0.1) is 4.47 Å². The minimum absolute atomic E-state index is 0.202. The standard InChI is InChI=1S/C15H22BrFN2/c1-3-19-8-6-13(7-9-19)18-11(2)12-4-5-15(17)14(16)10-12/h4-5,10-11,13,18H,3,6-9H2,1-2H3.